The molecule has 0 fully saturated rings. The van der Waals surface area contributed by atoms with Gasteiger partial charge in [0.05, 0.1) is 17.9 Å². The van der Waals surface area contributed by atoms with Crippen molar-refractivity contribution < 1.29 is 4.74 Å². The maximum absolute atomic E-state index is 8.70. The number of hydrogen-bond donors (Lipinski definition) is 0. The Morgan fingerprint density at radius 3 is 3.31 bits per heavy atom. The van der Waals surface area contributed by atoms with E-state index in [4.69, 9.17) is 10.00 Å². The Balaban J connectivity index is 2.82. The van der Waals surface area contributed by atoms with Crippen LogP contribution in [0, 0.1) is 17.4 Å². The summed E-state index contributed by atoms with van der Waals surface area (Å²) in [5.74, 6) is 0. The average Bonchev–Trinajstić information content (AvgIpc) is 2.19. The first-order valence-corrected chi connectivity index (χ1v) is 3.92. The molecule has 1 radical (unpaired) electrons. The van der Waals surface area contributed by atoms with Crippen molar-refractivity contribution in [2.24, 2.45) is 4.99 Å². The molecule has 0 aliphatic rings. The first kappa shape index (κ1) is 9.27. The summed E-state index contributed by atoms with van der Waals surface area (Å²) < 4.78 is 4.92. The maximum Gasteiger partial charge on any atom is 0.174 e. The van der Waals surface area contributed by atoms with Crippen LogP contribution < -0.4 is 0 Å². The van der Waals surface area contributed by atoms with Crippen LogP contribution in [0.1, 0.15) is 12.5 Å². The molecule has 0 saturated carbocycles. The minimum absolute atomic E-state index is 0.523. The van der Waals surface area contributed by atoms with Gasteiger partial charge in [0.2, 0.25) is 0 Å². The third-order valence-electron chi connectivity index (χ3n) is 1.40. The Morgan fingerprint density at radius 2 is 2.62 bits per heavy atom. The average molecular weight is 173 g/mol. The lowest BCUT2D eigenvalue weighted by Crippen LogP contribution is -1.84. The quantitative estimate of drug-likeness (QED) is 0.518. The highest BCUT2D eigenvalue weighted by molar-refractivity contribution is 5.61. The van der Waals surface area contributed by atoms with E-state index in [1.54, 1.807) is 18.2 Å². The minimum atomic E-state index is 0.523. The zero-order chi connectivity index (χ0) is 9.52. The molecule has 0 N–H and O–H groups in total. The van der Waals surface area contributed by atoms with Gasteiger partial charge in [0.15, 0.2) is 6.40 Å². The zero-order valence-corrected chi connectivity index (χ0v) is 7.32. The van der Waals surface area contributed by atoms with Gasteiger partial charge in [-0.25, -0.2) is 4.99 Å². The fraction of sp³-hybridized carbons (Fsp3) is 0.200. The largest absolute Gasteiger partial charge is 0.483 e. The van der Waals surface area contributed by atoms with E-state index in [0.717, 1.165) is 0 Å². The van der Waals surface area contributed by atoms with Crippen molar-refractivity contribution in [3.63, 3.8) is 0 Å². The Hall–Kier alpha value is -1.82. The minimum Gasteiger partial charge on any atom is -0.483 e. The van der Waals surface area contributed by atoms with Crippen molar-refractivity contribution in [2.45, 2.75) is 6.92 Å². The van der Waals surface area contributed by atoms with Gasteiger partial charge in [-0.3, -0.25) is 0 Å². The predicted molar refractivity (Wildman–Crippen MR) is 49.8 cm³/mol. The fourth-order valence-electron chi connectivity index (χ4n) is 0.792. The molecule has 0 aromatic heterocycles. The van der Waals surface area contributed by atoms with Crippen molar-refractivity contribution in [2.75, 3.05) is 6.61 Å². The number of nitriles is 1. The standard InChI is InChI=1S/C10H9N2O/c1-2-13-8-12-10-6-4-3-5-9(10)7-11/h3,5-6,8H,2H2,1H3. The fourth-order valence-corrected chi connectivity index (χ4v) is 0.792. The lowest BCUT2D eigenvalue weighted by Gasteiger charge is -1.95. The summed E-state index contributed by atoms with van der Waals surface area (Å²) in [6, 6.07) is 9.87. The summed E-state index contributed by atoms with van der Waals surface area (Å²) >= 11 is 0. The maximum atomic E-state index is 8.70. The smallest absolute Gasteiger partial charge is 0.174 e. The SMILES string of the molecule is CCOC=Nc1c[c]ccc1C#N. The molecule has 0 spiro atoms. The van der Waals surface area contributed by atoms with Crippen LogP contribution >= 0.6 is 0 Å². The lowest BCUT2D eigenvalue weighted by molar-refractivity contribution is 0.344. The molecule has 3 nitrogen and oxygen atoms in total. The summed E-state index contributed by atoms with van der Waals surface area (Å²) in [6.07, 6.45) is 1.34. The lowest BCUT2D eigenvalue weighted by atomic mass is 10.2. The van der Waals surface area contributed by atoms with E-state index >= 15 is 0 Å². The summed E-state index contributed by atoms with van der Waals surface area (Å²) in [6.45, 7) is 2.44. The third-order valence-corrected chi connectivity index (χ3v) is 1.40. The van der Waals surface area contributed by atoms with Crippen LogP contribution in [0.5, 0.6) is 0 Å². The molecule has 0 amide bonds. The monoisotopic (exact) mass is 173 g/mol. The molecule has 3 heteroatoms. The molecular weight excluding hydrogens is 164 g/mol. The molecule has 13 heavy (non-hydrogen) atoms. The van der Waals surface area contributed by atoms with Gasteiger partial charge < -0.3 is 4.74 Å². The Bertz CT molecular complexity index is 339. The van der Waals surface area contributed by atoms with Gasteiger partial charge in [-0.2, -0.15) is 5.26 Å². The van der Waals surface area contributed by atoms with Crippen LogP contribution in [0.4, 0.5) is 5.69 Å². The molecule has 0 bridgehead atoms. The molecule has 0 aliphatic carbocycles. The normalized spacial score (nSPS) is 9.85. The summed E-state index contributed by atoms with van der Waals surface area (Å²) in [5.41, 5.74) is 1.10. The summed E-state index contributed by atoms with van der Waals surface area (Å²) in [7, 11) is 0. The van der Waals surface area contributed by atoms with Crippen molar-refractivity contribution in [3.8, 4) is 6.07 Å². The van der Waals surface area contributed by atoms with E-state index in [0.29, 0.717) is 17.9 Å². The van der Waals surface area contributed by atoms with Crippen molar-refractivity contribution >= 4 is 12.1 Å². The van der Waals surface area contributed by atoms with Crippen LogP contribution in [0.15, 0.2) is 23.2 Å². The third kappa shape index (κ3) is 2.60. The van der Waals surface area contributed by atoms with Crippen LogP contribution in [-0.4, -0.2) is 13.0 Å². The molecule has 1 rings (SSSR count). The zero-order valence-electron chi connectivity index (χ0n) is 7.32. The van der Waals surface area contributed by atoms with E-state index in [9.17, 15) is 0 Å². The first-order chi connectivity index (χ1) is 6.38. The van der Waals surface area contributed by atoms with Gasteiger partial charge >= 0.3 is 0 Å². The summed E-state index contributed by atoms with van der Waals surface area (Å²) in [4.78, 5) is 3.97. The van der Waals surface area contributed by atoms with Gasteiger partial charge in [-0.05, 0) is 25.1 Å². The number of benzene rings is 1. The number of hydrogen-bond acceptors (Lipinski definition) is 3. The van der Waals surface area contributed by atoms with E-state index in [2.05, 4.69) is 11.1 Å². The molecule has 0 unspecified atom stereocenters. The number of nitrogens with zero attached hydrogens (tertiary/aromatic N) is 2. The van der Waals surface area contributed by atoms with Gasteiger partial charge in [0.1, 0.15) is 6.07 Å². The van der Waals surface area contributed by atoms with Crippen molar-refractivity contribution in [1.82, 2.24) is 0 Å². The topological polar surface area (TPSA) is 45.4 Å². The number of aliphatic imine (C=N–C) groups is 1. The Morgan fingerprint density at radius 1 is 1.77 bits per heavy atom. The second kappa shape index (κ2) is 4.94. The highest BCUT2D eigenvalue weighted by atomic mass is 16.5. The molecule has 0 aliphatic heterocycles. The van der Waals surface area contributed by atoms with Crippen molar-refractivity contribution in [1.29, 1.82) is 5.26 Å². The summed E-state index contributed by atoms with van der Waals surface area (Å²) in [5, 5.41) is 8.70. The highest BCUT2D eigenvalue weighted by Crippen LogP contribution is 2.15. The van der Waals surface area contributed by atoms with Gasteiger partial charge in [0, 0.05) is 0 Å². The number of ether oxygens (including phenoxy) is 1. The van der Waals surface area contributed by atoms with E-state index in [1.807, 2.05) is 13.0 Å². The van der Waals surface area contributed by atoms with Crippen LogP contribution in [0.2, 0.25) is 0 Å². The molecular formula is C10H9N2O. The van der Waals surface area contributed by atoms with Crippen LogP contribution in [0.25, 0.3) is 0 Å². The molecule has 0 saturated heterocycles. The van der Waals surface area contributed by atoms with Crippen molar-refractivity contribution in [3.05, 3.63) is 29.8 Å². The molecule has 0 atom stereocenters. The molecule has 0 heterocycles. The molecule has 1 aromatic rings. The first-order valence-electron chi connectivity index (χ1n) is 3.92. The van der Waals surface area contributed by atoms with Crippen LogP contribution in [0.3, 0.4) is 0 Å². The van der Waals surface area contributed by atoms with E-state index < -0.39 is 0 Å². The van der Waals surface area contributed by atoms with Gasteiger partial charge in [0.25, 0.3) is 0 Å². The second-order valence-corrected chi connectivity index (χ2v) is 2.24. The molecule has 65 valence electrons. The highest BCUT2D eigenvalue weighted by Gasteiger charge is 1.96. The van der Waals surface area contributed by atoms with E-state index in [1.165, 1.54) is 6.40 Å². The predicted octanol–water partition coefficient (Wildman–Crippen LogP) is 2.05. The molecule has 1 aromatic carbocycles. The Labute approximate surface area is 77.3 Å². The van der Waals surface area contributed by atoms with Gasteiger partial charge in [-0.1, -0.05) is 6.07 Å². The Kier molecular flexibility index (Phi) is 3.52. The van der Waals surface area contributed by atoms with Gasteiger partial charge in [-0.15, -0.1) is 0 Å². The van der Waals surface area contributed by atoms with Crippen LogP contribution in [-0.2, 0) is 4.74 Å². The van der Waals surface area contributed by atoms with E-state index in [-0.39, 0.29) is 0 Å². The number of rotatable bonds is 3. The second-order valence-electron chi connectivity index (χ2n) is 2.24.